The van der Waals surface area contributed by atoms with Crippen LogP contribution in [0.2, 0.25) is 0 Å². The summed E-state index contributed by atoms with van der Waals surface area (Å²) in [6, 6.07) is 6.24. The molecule has 3 rings (SSSR count). The van der Waals surface area contributed by atoms with Gasteiger partial charge in [-0.3, -0.25) is 10.1 Å². The van der Waals surface area contributed by atoms with Crippen molar-refractivity contribution in [3.63, 3.8) is 0 Å². The lowest BCUT2D eigenvalue weighted by molar-refractivity contribution is -0.384. The molecule has 1 aromatic heterocycles. The summed E-state index contributed by atoms with van der Waals surface area (Å²) >= 11 is 0. The van der Waals surface area contributed by atoms with E-state index < -0.39 is 21.0 Å². The van der Waals surface area contributed by atoms with Crippen molar-refractivity contribution < 1.29 is 17.9 Å². The third-order valence-electron chi connectivity index (χ3n) is 3.83. The fourth-order valence-corrected chi connectivity index (χ4v) is 4.39. The Labute approximate surface area is 132 Å². The van der Waals surface area contributed by atoms with Crippen LogP contribution >= 0.6 is 0 Å². The van der Waals surface area contributed by atoms with E-state index in [2.05, 4.69) is 5.16 Å². The van der Waals surface area contributed by atoms with E-state index in [1.54, 1.807) is 13.0 Å². The van der Waals surface area contributed by atoms with Gasteiger partial charge in [0.1, 0.15) is 0 Å². The van der Waals surface area contributed by atoms with E-state index in [-0.39, 0.29) is 10.6 Å². The van der Waals surface area contributed by atoms with Crippen LogP contribution in [0, 0.1) is 17.0 Å². The SMILES string of the molecule is Cc1cc(C2CCCN2S(=O)(=O)c2ccc([N+](=O)[O-])cc2)on1. The summed E-state index contributed by atoms with van der Waals surface area (Å²) in [5, 5.41) is 14.5. The molecule has 0 aliphatic carbocycles. The zero-order chi connectivity index (χ0) is 16.6. The number of non-ortho nitro benzene ring substituents is 1. The lowest BCUT2D eigenvalue weighted by atomic mass is 10.2. The smallest absolute Gasteiger partial charge is 0.269 e. The molecular formula is C14H15N3O5S. The van der Waals surface area contributed by atoms with Crippen molar-refractivity contribution in [3.8, 4) is 0 Å². The molecule has 8 nitrogen and oxygen atoms in total. The molecule has 0 radical (unpaired) electrons. The highest BCUT2D eigenvalue weighted by Crippen LogP contribution is 2.36. The second-order valence-electron chi connectivity index (χ2n) is 5.40. The Balaban J connectivity index is 1.93. The standard InChI is InChI=1S/C14H15N3O5S/c1-10-9-14(22-15-10)13-3-2-8-16(13)23(20,21)12-6-4-11(5-7-12)17(18)19/h4-7,9,13H,2-3,8H2,1H3. The molecular weight excluding hydrogens is 322 g/mol. The van der Waals surface area contributed by atoms with E-state index in [4.69, 9.17) is 4.52 Å². The third kappa shape index (κ3) is 2.84. The van der Waals surface area contributed by atoms with Gasteiger partial charge in [0, 0.05) is 24.7 Å². The first-order valence-corrected chi connectivity index (χ1v) is 8.53. The number of nitro benzene ring substituents is 1. The van der Waals surface area contributed by atoms with Crippen LogP contribution in [0.5, 0.6) is 0 Å². The average Bonchev–Trinajstić information content (AvgIpc) is 3.16. The minimum Gasteiger partial charge on any atom is -0.359 e. The highest BCUT2D eigenvalue weighted by Gasteiger charge is 2.38. The Kier molecular flexibility index (Phi) is 3.90. The summed E-state index contributed by atoms with van der Waals surface area (Å²) in [7, 11) is -3.75. The fourth-order valence-electron chi connectivity index (χ4n) is 2.73. The van der Waals surface area contributed by atoms with E-state index in [1.807, 2.05) is 0 Å². The van der Waals surface area contributed by atoms with E-state index in [0.29, 0.717) is 24.4 Å². The van der Waals surface area contributed by atoms with Gasteiger partial charge in [-0.05, 0) is 31.9 Å². The van der Waals surface area contributed by atoms with E-state index >= 15 is 0 Å². The molecule has 1 aliphatic heterocycles. The van der Waals surface area contributed by atoms with Crippen LogP contribution in [0.25, 0.3) is 0 Å². The van der Waals surface area contributed by atoms with Crippen LogP contribution in [0.1, 0.15) is 30.3 Å². The normalized spacial score (nSPS) is 19.1. The third-order valence-corrected chi connectivity index (χ3v) is 5.75. The highest BCUT2D eigenvalue weighted by molar-refractivity contribution is 7.89. The Hall–Kier alpha value is -2.26. The highest BCUT2D eigenvalue weighted by atomic mass is 32.2. The largest absolute Gasteiger partial charge is 0.359 e. The van der Waals surface area contributed by atoms with Gasteiger partial charge in [0.05, 0.1) is 21.6 Å². The number of hydrogen-bond donors (Lipinski definition) is 0. The predicted octanol–water partition coefficient (Wildman–Crippen LogP) is 2.42. The van der Waals surface area contributed by atoms with Crippen LogP contribution in [0.4, 0.5) is 5.69 Å². The predicted molar refractivity (Wildman–Crippen MR) is 80.2 cm³/mol. The quantitative estimate of drug-likeness (QED) is 0.626. The van der Waals surface area contributed by atoms with Crippen molar-refractivity contribution in [1.29, 1.82) is 0 Å². The first-order chi connectivity index (χ1) is 10.9. The number of benzene rings is 1. The lowest BCUT2D eigenvalue weighted by Gasteiger charge is -2.22. The van der Waals surface area contributed by atoms with Gasteiger partial charge in [-0.15, -0.1) is 0 Å². The van der Waals surface area contributed by atoms with Crippen molar-refractivity contribution >= 4 is 15.7 Å². The molecule has 1 atom stereocenters. The second kappa shape index (κ2) is 5.74. The molecule has 1 aromatic carbocycles. The van der Waals surface area contributed by atoms with Crippen LogP contribution in [0.3, 0.4) is 0 Å². The van der Waals surface area contributed by atoms with Gasteiger partial charge < -0.3 is 4.52 Å². The summed E-state index contributed by atoms with van der Waals surface area (Å²) in [6.45, 7) is 2.15. The molecule has 1 fully saturated rings. The second-order valence-corrected chi connectivity index (χ2v) is 7.29. The van der Waals surface area contributed by atoms with Gasteiger partial charge >= 0.3 is 0 Å². The molecule has 0 N–H and O–H groups in total. The molecule has 1 saturated heterocycles. The fraction of sp³-hybridized carbons (Fsp3) is 0.357. The van der Waals surface area contributed by atoms with E-state index in [0.717, 1.165) is 6.42 Å². The van der Waals surface area contributed by atoms with Crippen LogP contribution in [-0.4, -0.2) is 29.3 Å². The maximum absolute atomic E-state index is 12.8. The first kappa shape index (κ1) is 15.6. The van der Waals surface area contributed by atoms with Crippen LogP contribution < -0.4 is 0 Å². The Morgan fingerprint density at radius 3 is 2.61 bits per heavy atom. The minimum atomic E-state index is -3.75. The van der Waals surface area contributed by atoms with Crippen molar-refractivity contribution in [2.75, 3.05) is 6.54 Å². The summed E-state index contributed by atoms with van der Waals surface area (Å²) < 4.78 is 32.2. The average molecular weight is 337 g/mol. The minimum absolute atomic E-state index is 0.0336. The first-order valence-electron chi connectivity index (χ1n) is 7.09. The van der Waals surface area contributed by atoms with Crippen LogP contribution in [0.15, 0.2) is 39.8 Å². The van der Waals surface area contributed by atoms with E-state index in [1.165, 1.54) is 28.6 Å². The number of sulfonamides is 1. The Morgan fingerprint density at radius 1 is 1.35 bits per heavy atom. The molecule has 0 saturated carbocycles. The topological polar surface area (TPSA) is 107 Å². The van der Waals surface area contributed by atoms with Crippen LogP contribution in [-0.2, 0) is 10.0 Å². The van der Waals surface area contributed by atoms with Gasteiger partial charge in [-0.2, -0.15) is 4.31 Å². The number of aryl methyl sites for hydroxylation is 1. The zero-order valence-electron chi connectivity index (χ0n) is 12.4. The maximum atomic E-state index is 12.8. The van der Waals surface area contributed by atoms with Gasteiger partial charge in [0.15, 0.2) is 5.76 Å². The molecule has 122 valence electrons. The van der Waals surface area contributed by atoms with E-state index in [9.17, 15) is 18.5 Å². The summed E-state index contributed by atoms with van der Waals surface area (Å²) in [5.74, 6) is 0.519. The number of nitro groups is 1. The van der Waals surface area contributed by atoms with Gasteiger partial charge in [0.2, 0.25) is 10.0 Å². The molecule has 2 heterocycles. The van der Waals surface area contributed by atoms with Crippen molar-refractivity contribution in [3.05, 3.63) is 51.9 Å². The van der Waals surface area contributed by atoms with Crippen molar-refractivity contribution in [2.24, 2.45) is 0 Å². The number of rotatable bonds is 4. The zero-order valence-corrected chi connectivity index (χ0v) is 13.2. The number of hydrogen-bond acceptors (Lipinski definition) is 6. The summed E-state index contributed by atoms with van der Waals surface area (Å²) in [6.07, 6.45) is 1.37. The monoisotopic (exact) mass is 337 g/mol. The molecule has 1 aliphatic rings. The van der Waals surface area contributed by atoms with Gasteiger partial charge in [-0.25, -0.2) is 8.42 Å². The van der Waals surface area contributed by atoms with Gasteiger partial charge in [0.25, 0.3) is 5.69 Å². The molecule has 9 heteroatoms. The molecule has 0 spiro atoms. The summed E-state index contributed by atoms with van der Waals surface area (Å²) in [4.78, 5) is 10.2. The number of aromatic nitrogens is 1. The van der Waals surface area contributed by atoms with Gasteiger partial charge in [-0.1, -0.05) is 5.16 Å². The molecule has 0 bridgehead atoms. The number of nitrogens with zero attached hydrogens (tertiary/aromatic N) is 3. The molecule has 0 amide bonds. The lowest BCUT2D eigenvalue weighted by Crippen LogP contribution is -2.30. The van der Waals surface area contributed by atoms with Crippen molar-refractivity contribution in [2.45, 2.75) is 30.7 Å². The molecule has 2 aromatic rings. The maximum Gasteiger partial charge on any atom is 0.269 e. The van der Waals surface area contributed by atoms with Crippen molar-refractivity contribution in [1.82, 2.24) is 9.46 Å². The molecule has 1 unspecified atom stereocenters. The Morgan fingerprint density at radius 2 is 2.04 bits per heavy atom. The Bertz CT molecular complexity index is 828. The molecule has 23 heavy (non-hydrogen) atoms. The summed E-state index contributed by atoms with van der Waals surface area (Å²) in [5.41, 5.74) is 0.548.